The van der Waals surface area contributed by atoms with Crippen LogP contribution in [0.25, 0.3) is 0 Å². The van der Waals surface area contributed by atoms with Gasteiger partial charge in [-0.25, -0.2) is 0 Å². The second-order valence-electron chi connectivity index (χ2n) is 7.62. The normalized spacial score (nSPS) is 9.27. The van der Waals surface area contributed by atoms with Crippen LogP contribution in [0.4, 0.5) is 0 Å². The summed E-state index contributed by atoms with van der Waals surface area (Å²) in [6.45, 7) is 6.12. The van der Waals surface area contributed by atoms with Gasteiger partial charge in [0.1, 0.15) is 24.0 Å². The minimum Gasteiger partial charge on any atom is -0.508 e. The predicted molar refractivity (Wildman–Crippen MR) is 138 cm³/mol. The van der Waals surface area contributed by atoms with Crippen LogP contribution in [-0.2, 0) is 11.2 Å². The molecule has 0 radical (unpaired) electrons. The lowest BCUT2D eigenvalue weighted by Gasteiger charge is -2.04. The Balaban J connectivity index is 0.000000500. The summed E-state index contributed by atoms with van der Waals surface area (Å²) in [5.41, 5.74) is 2.02. The second-order valence-corrected chi connectivity index (χ2v) is 7.62. The van der Waals surface area contributed by atoms with Crippen molar-refractivity contribution < 1.29 is 20.1 Å². The molecule has 0 heterocycles. The summed E-state index contributed by atoms with van der Waals surface area (Å²) in [4.78, 5) is 8.00. The van der Waals surface area contributed by atoms with Crippen LogP contribution in [0.15, 0.2) is 78.9 Å². The molecule has 0 bridgehead atoms. The standard InChI is InChI=1S/C15H24O.C7H8O.C6H6O.CH2O/c1-2-3-4-5-6-7-8-11-14-12-9-10-13-15(14)16;1-6-4-2-3-5-7(6)8;7-6-4-2-1-3-5-6;1-2/h9-10,12-13,16H,2-8,11H2,1H3;2-5,8H,1H3;1-5,7H;1H2. The van der Waals surface area contributed by atoms with E-state index in [1.54, 1.807) is 36.4 Å². The number of hydrogen-bond donors (Lipinski definition) is 3. The van der Waals surface area contributed by atoms with Crippen LogP contribution in [0, 0.1) is 6.92 Å². The van der Waals surface area contributed by atoms with Gasteiger partial charge in [-0.05, 0) is 55.2 Å². The summed E-state index contributed by atoms with van der Waals surface area (Å²) >= 11 is 0. The zero-order valence-corrected chi connectivity index (χ0v) is 20.1. The minimum absolute atomic E-state index is 0.322. The molecule has 3 aromatic rings. The Kier molecular flexibility index (Phi) is 18.6. The molecule has 180 valence electrons. The molecule has 0 unspecified atom stereocenters. The van der Waals surface area contributed by atoms with Crippen LogP contribution in [0.2, 0.25) is 0 Å². The number of para-hydroxylation sites is 3. The topological polar surface area (TPSA) is 77.8 Å². The highest BCUT2D eigenvalue weighted by Gasteiger charge is 1.98. The predicted octanol–water partition coefficient (Wildman–Crippen LogP) is 7.59. The maximum absolute atomic E-state index is 9.58. The summed E-state index contributed by atoms with van der Waals surface area (Å²) in [5.74, 6) is 1.14. The first-order chi connectivity index (χ1) is 16.0. The molecular formula is C29H40O4. The molecule has 3 aromatic carbocycles. The highest BCUT2D eigenvalue weighted by Crippen LogP contribution is 2.18. The maximum atomic E-state index is 9.58. The van der Waals surface area contributed by atoms with E-state index in [0.29, 0.717) is 17.2 Å². The Bertz CT molecular complexity index is 813. The van der Waals surface area contributed by atoms with E-state index in [1.165, 1.54) is 44.9 Å². The fourth-order valence-electron chi connectivity index (χ4n) is 2.99. The monoisotopic (exact) mass is 452 g/mol. The molecule has 0 aliphatic rings. The second kappa shape index (κ2) is 20.6. The summed E-state index contributed by atoms with van der Waals surface area (Å²) in [6.07, 6.45) is 10.3. The number of phenols is 3. The van der Waals surface area contributed by atoms with Gasteiger partial charge in [-0.2, -0.15) is 0 Å². The van der Waals surface area contributed by atoms with Gasteiger partial charge in [0.2, 0.25) is 0 Å². The maximum Gasteiger partial charge on any atom is 0.118 e. The molecule has 4 nitrogen and oxygen atoms in total. The first-order valence-corrected chi connectivity index (χ1v) is 11.6. The van der Waals surface area contributed by atoms with Crippen molar-refractivity contribution in [3.05, 3.63) is 90.0 Å². The molecule has 0 spiro atoms. The van der Waals surface area contributed by atoms with Crippen molar-refractivity contribution in [2.45, 2.75) is 65.2 Å². The molecule has 0 aliphatic heterocycles. The highest BCUT2D eigenvalue weighted by molar-refractivity contribution is 5.31. The van der Waals surface area contributed by atoms with Gasteiger partial charge in [0.05, 0.1) is 0 Å². The Morgan fingerprint density at radius 2 is 1.09 bits per heavy atom. The van der Waals surface area contributed by atoms with Gasteiger partial charge < -0.3 is 20.1 Å². The van der Waals surface area contributed by atoms with Gasteiger partial charge in [-0.1, -0.05) is 100 Å². The molecule has 33 heavy (non-hydrogen) atoms. The van der Waals surface area contributed by atoms with Crippen LogP contribution < -0.4 is 0 Å². The van der Waals surface area contributed by atoms with Crippen molar-refractivity contribution in [3.8, 4) is 17.2 Å². The molecule has 0 saturated heterocycles. The highest BCUT2D eigenvalue weighted by atomic mass is 16.3. The molecule has 0 saturated carbocycles. The van der Waals surface area contributed by atoms with Gasteiger partial charge in [-0.3, -0.25) is 0 Å². The number of rotatable bonds is 8. The molecule has 3 rings (SSSR count). The number of benzene rings is 3. The zero-order chi connectivity index (χ0) is 24.7. The lowest BCUT2D eigenvalue weighted by molar-refractivity contribution is -0.0980. The molecule has 3 N–H and O–H groups in total. The largest absolute Gasteiger partial charge is 0.508 e. The van der Waals surface area contributed by atoms with Crippen molar-refractivity contribution in [3.63, 3.8) is 0 Å². The molecule has 0 atom stereocenters. The van der Waals surface area contributed by atoms with E-state index < -0.39 is 0 Å². The van der Waals surface area contributed by atoms with E-state index in [0.717, 1.165) is 17.5 Å². The molecule has 0 aromatic heterocycles. The van der Waals surface area contributed by atoms with Crippen molar-refractivity contribution >= 4 is 6.79 Å². The summed E-state index contributed by atoms with van der Waals surface area (Å²) in [6, 6.07) is 23.6. The zero-order valence-electron chi connectivity index (χ0n) is 20.1. The third-order valence-electron chi connectivity index (χ3n) is 4.91. The molecule has 0 aliphatic carbocycles. The number of aromatic hydroxyl groups is 3. The Morgan fingerprint density at radius 1 is 0.606 bits per heavy atom. The molecule has 0 amide bonds. The van der Waals surface area contributed by atoms with Crippen LogP contribution in [0.3, 0.4) is 0 Å². The van der Waals surface area contributed by atoms with Crippen LogP contribution >= 0.6 is 0 Å². The Labute approximate surface area is 199 Å². The van der Waals surface area contributed by atoms with Gasteiger partial charge in [0.25, 0.3) is 0 Å². The number of carbonyl (C=O) groups is 1. The molecular weight excluding hydrogens is 412 g/mol. The average molecular weight is 453 g/mol. The third-order valence-corrected chi connectivity index (χ3v) is 4.91. The van der Waals surface area contributed by atoms with Crippen molar-refractivity contribution in [1.29, 1.82) is 0 Å². The smallest absolute Gasteiger partial charge is 0.118 e. The first kappa shape index (κ1) is 29.7. The van der Waals surface area contributed by atoms with E-state index in [9.17, 15) is 5.11 Å². The first-order valence-electron chi connectivity index (χ1n) is 11.6. The van der Waals surface area contributed by atoms with E-state index in [1.807, 2.05) is 56.2 Å². The van der Waals surface area contributed by atoms with E-state index >= 15 is 0 Å². The van der Waals surface area contributed by atoms with Crippen molar-refractivity contribution in [2.75, 3.05) is 0 Å². The van der Waals surface area contributed by atoms with Crippen LogP contribution in [0.5, 0.6) is 17.2 Å². The Hall–Kier alpha value is -3.27. The summed E-state index contributed by atoms with van der Waals surface area (Å²) in [7, 11) is 0. The quantitative estimate of drug-likeness (QED) is 0.308. The fourth-order valence-corrected chi connectivity index (χ4v) is 2.99. The van der Waals surface area contributed by atoms with E-state index in [4.69, 9.17) is 15.0 Å². The minimum atomic E-state index is 0.322. The number of phenolic OH excluding ortho intramolecular Hbond substituents is 3. The van der Waals surface area contributed by atoms with Gasteiger partial charge in [-0.15, -0.1) is 0 Å². The van der Waals surface area contributed by atoms with Gasteiger partial charge in [0, 0.05) is 0 Å². The number of unbranched alkanes of at least 4 members (excludes halogenated alkanes) is 6. The molecule has 4 heteroatoms. The molecule has 0 fully saturated rings. The van der Waals surface area contributed by atoms with Crippen LogP contribution in [-0.4, -0.2) is 22.1 Å². The van der Waals surface area contributed by atoms with Crippen molar-refractivity contribution in [1.82, 2.24) is 0 Å². The van der Waals surface area contributed by atoms with Crippen molar-refractivity contribution in [2.24, 2.45) is 0 Å². The van der Waals surface area contributed by atoms with E-state index in [-0.39, 0.29) is 0 Å². The third kappa shape index (κ3) is 16.1. The Morgan fingerprint density at radius 3 is 1.55 bits per heavy atom. The lowest BCUT2D eigenvalue weighted by atomic mass is 10.0. The number of aryl methyl sites for hydroxylation is 2. The number of carbonyl (C=O) groups excluding carboxylic acids is 1. The lowest BCUT2D eigenvalue weighted by Crippen LogP contribution is -1.87. The fraction of sp³-hybridized carbons (Fsp3) is 0.345. The van der Waals surface area contributed by atoms with E-state index in [2.05, 4.69) is 6.92 Å². The van der Waals surface area contributed by atoms with Gasteiger partial charge in [0.15, 0.2) is 0 Å². The SMILES string of the molecule is C=O.CCCCCCCCCc1ccccc1O.Cc1ccccc1O.Oc1ccccc1. The summed E-state index contributed by atoms with van der Waals surface area (Å²) in [5, 5.41) is 27.1. The average Bonchev–Trinajstić information content (AvgIpc) is 2.84. The summed E-state index contributed by atoms with van der Waals surface area (Å²) < 4.78 is 0. The van der Waals surface area contributed by atoms with Gasteiger partial charge >= 0.3 is 0 Å². The number of hydrogen-bond acceptors (Lipinski definition) is 4. The van der Waals surface area contributed by atoms with Crippen LogP contribution in [0.1, 0.15) is 63.0 Å².